The van der Waals surface area contributed by atoms with E-state index in [9.17, 15) is 9.59 Å². The summed E-state index contributed by atoms with van der Waals surface area (Å²) in [6.45, 7) is 0. The van der Waals surface area contributed by atoms with E-state index in [4.69, 9.17) is 11.6 Å². The van der Waals surface area contributed by atoms with Gasteiger partial charge in [-0.3, -0.25) is 4.79 Å². The van der Waals surface area contributed by atoms with Gasteiger partial charge < -0.3 is 4.84 Å². The quantitative estimate of drug-likeness (QED) is 0.861. The second kappa shape index (κ2) is 5.66. The van der Waals surface area contributed by atoms with E-state index >= 15 is 0 Å². The van der Waals surface area contributed by atoms with Gasteiger partial charge in [-0.05, 0) is 35.7 Å². The van der Waals surface area contributed by atoms with Crippen molar-refractivity contribution >= 4 is 34.8 Å². The number of hydroxylamine groups is 1. The molecule has 1 amide bonds. The minimum absolute atomic E-state index is 0.360. The molecule has 0 saturated heterocycles. The van der Waals surface area contributed by atoms with Gasteiger partial charge in [-0.25, -0.2) is 4.79 Å². The second-order valence-electron chi connectivity index (χ2n) is 3.30. The van der Waals surface area contributed by atoms with Crippen LogP contribution in [0.1, 0.15) is 20.0 Å². The molecule has 0 spiro atoms. The van der Waals surface area contributed by atoms with E-state index in [1.54, 1.807) is 29.6 Å². The Kier molecular flexibility index (Phi) is 3.96. The Balaban J connectivity index is 1.92. The monoisotopic (exact) mass is 281 g/mol. The Labute approximate surface area is 112 Å². The molecule has 1 heterocycles. The molecular formula is C12H8ClNO3S. The van der Waals surface area contributed by atoms with Crippen LogP contribution in [-0.4, -0.2) is 11.9 Å². The number of hydrogen-bond donors (Lipinski definition) is 1. The van der Waals surface area contributed by atoms with Crippen molar-refractivity contribution in [1.29, 1.82) is 0 Å². The van der Waals surface area contributed by atoms with E-state index < -0.39 is 11.9 Å². The summed E-state index contributed by atoms with van der Waals surface area (Å²) in [5, 5.41) is 2.28. The lowest BCUT2D eigenvalue weighted by atomic mass is 10.2. The minimum Gasteiger partial charge on any atom is -0.334 e. The number of carbonyl (C=O) groups excluding carboxylic acids is 2. The van der Waals surface area contributed by atoms with E-state index in [0.29, 0.717) is 15.5 Å². The average molecular weight is 282 g/mol. The average Bonchev–Trinajstić information content (AvgIpc) is 2.90. The third-order valence-electron chi connectivity index (χ3n) is 2.07. The molecular weight excluding hydrogens is 274 g/mol. The van der Waals surface area contributed by atoms with Crippen molar-refractivity contribution in [2.45, 2.75) is 0 Å². The summed E-state index contributed by atoms with van der Waals surface area (Å²) in [5.41, 5.74) is 2.44. The minimum atomic E-state index is -0.590. The molecule has 4 nitrogen and oxygen atoms in total. The zero-order valence-corrected chi connectivity index (χ0v) is 10.6. The maximum atomic E-state index is 11.6. The van der Waals surface area contributed by atoms with Gasteiger partial charge in [0.2, 0.25) is 0 Å². The molecule has 0 saturated carbocycles. The summed E-state index contributed by atoms with van der Waals surface area (Å²) in [4.78, 5) is 28.1. The van der Waals surface area contributed by atoms with Crippen molar-refractivity contribution in [2.75, 3.05) is 0 Å². The summed E-state index contributed by atoms with van der Waals surface area (Å²) < 4.78 is 0. The van der Waals surface area contributed by atoms with Gasteiger partial charge in [0, 0.05) is 10.6 Å². The third-order valence-corrected chi connectivity index (χ3v) is 3.17. The topological polar surface area (TPSA) is 55.4 Å². The summed E-state index contributed by atoms with van der Waals surface area (Å²) in [6, 6.07) is 9.58. The Hall–Kier alpha value is -1.85. The van der Waals surface area contributed by atoms with Gasteiger partial charge in [0.05, 0.1) is 0 Å². The van der Waals surface area contributed by atoms with Crippen LogP contribution in [0.15, 0.2) is 41.8 Å². The molecule has 2 aromatic rings. The van der Waals surface area contributed by atoms with Crippen molar-refractivity contribution in [3.8, 4) is 0 Å². The highest BCUT2D eigenvalue weighted by atomic mass is 35.5. The Morgan fingerprint density at radius 2 is 1.89 bits per heavy atom. The molecule has 0 bridgehead atoms. The van der Waals surface area contributed by atoms with Crippen molar-refractivity contribution < 1.29 is 14.4 Å². The molecule has 0 unspecified atom stereocenters. The van der Waals surface area contributed by atoms with Crippen LogP contribution in [0.2, 0.25) is 5.02 Å². The van der Waals surface area contributed by atoms with E-state index in [-0.39, 0.29) is 0 Å². The predicted octanol–water partition coefficient (Wildman–Crippen LogP) is 2.90. The Morgan fingerprint density at radius 3 is 2.50 bits per heavy atom. The molecule has 18 heavy (non-hydrogen) atoms. The second-order valence-corrected chi connectivity index (χ2v) is 4.69. The number of amides is 1. The fourth-order valence-electron chi connectivity index (χ4n) is 1.20. The molecule has 0 fully saturated rings. The lowest BCUT2D eigenvalue weighted by Gasteiger charge is -2.04. The van der Waals surface area contributed by atoms with Crippen LogP contribution in [0.5, 0.6) is 0 Å². The molecule has 1 aromatic heterocycles. The van der Waals surface area contributed by atoms with E-state index in [1.165, 1.54) is 23.5 Å². The van der Waals surface area contributed by atoms with Crippen LogP contribution in [0.4, 0.5) is 0 Å². The van der Waals surface area contributed by atoms with Crippen molar-refractivity contribution in [3.63, 3.8) is 0 Å². The number of rotatable bonds is 2. The summed E-state index contributed by atoms with van der Waals surface area (Å²) >= 11 is 6.93. The zero-order valence-electron chi connectivity index (χ0n) is 9.05. The molecule has 0 aliphatic heterocycles. The highest BCUT2D eigenvalue weighted by Gasteiger charge is 2.11. The molecule has 0 radical (unpaired) electrons. The fraction of sp³-hybridized carbons (Fsp3) is 0. The largest absolute Gasteiger partial charge is 0.372 e. The van der Waals surface area contributed by atoms with E-state index in [1.807, 2.05) is 0 Å². The van der Waals surface area contributed by atoms with Crippen molar-refractivity contribution in [2.24, 2.45) is 0 Å². The first kappa shape index (κ1) is 12.6. The number of hydrogen-bond acceptors (Lipinski definition) is 4. The van der Waals surface area contributed by atoms with Gasteiger partial charge in [-0.15, -0.1) is 11.3 Å². The Morgan fingerprint density at radius 1 is 1.17 bits per heavy atom. The molecule has 2 rings (SSSR count). The molecule has 1 N–H and O–H groups in total. The van der Waals surface area contributed by atoms with Crippen LogP contribution < -0.4 is 5.48 Å². The van der Waals surface area contributed by atoms with Gasteiger partial charge in [0.15, 0.2) is 0 Å². The maximum absolute atomic E-state index is 11.6. The number of thiophene rings is 1. The smallest absolute Gasteiger partial charge is 0.334 e. The van der Waals surface area contributed by atoms with Crippen LogP contribution in [-0.2, 0) is 4.84 Å². The fourth-order valence-corrected chi connectivity index (χ4v) is 1.92. The molecule has 1 aromatic carbocycles. The highest BCUT2D eigenvalue weighted by molar-refractivity contribution is 7.11. The number of benzene rings is 1. The number of halogens is 1. The first-order valence-electron chi connectivity index (χ1n) is 4.97. The lowest BCUT2D eigenvalue weighted by Crippen LogP contribution is -2.26. The van der Waals surface area contributed by atoms with Gasteiger partial charge >= 0.3 is 5.97 Å². The van der Waals surface area contributed by atoms with Crippen LogP contribution in [0, 0.1) is 0 Å². The van der Waals surface area contributed by atoms with Crippen LogP contribution >= 0.6 is 22.9 Å². The number of nitrogens with one attached hydrogen (secondary N) is 1. The van der Waals surface area contributed by atoms with E-state index in [2.05, 4.69) is 10.3 Å². The summed E-state index contributed by atoms with van der Waals surface area (Å²) in [5.74, 6) is -1.09. The van der Waals surface area contributed by atoms with Crippen LogP contribution in [0.25, 0.3) is 0 Å². The summed E-state index contributed by atoms with van der Waals surface area (Å²) in [7, 11) is 0. The molecule has 92 valence electrons. The standard InChI is InChI=1S/C12H8ClNO3S/c13-9-5-3-8(4-6-9)11(15)14-17-12(16)10-2-1-7-18-10/h1-7H,(H,14,15). The lowest BCUT2D eigenvalue weighted by molar-refractivity contribution is 0.0235. The molecule has 0 aliphatic carbocycles. The SMILES string of the molecule is O=C(NOC(=O)c1cccs1)c1ccc(Cl)cc1. The summed E-state index contributed by atoms with van der Waals surface area (Å²) in [6.07, 6.45) is 0. The normalized spacial score (nSPS) is 9.83. The van der Waals surface area contributed by atoms with Crippen molar-refractivity contribution in [1.82, 2.24) is 5.48 Å². The first-order chi connectivity index (χ1) is 8.66. The molecule has 0 atom stereocenters. The number of carbonyl (C=O) groups is 2. The highest BCUT2D eigenvalue weighted by Crippen LogP contribution is 2.11. The third kappa shape index (κ3) is 3.09. The first-order valence-corrected chi connectivity index (χ1v) is 6.23. The zero-order chi connectivity index (χ0) is 13.0. The van der Waals surface area contributed by atoms with Crippen LogP contribution in [0.3, 0.4) is 0 Å². The Bertz CT molecular complexity index is 551. The van der Waals surface area contributed by atoms with Crippen molar-refractivity contribution in [3.05, 3.63) is 57.2 Å². The van der Waals surface area contributed by atoms with E-state index in [0.717, 1.165) is 0 Å². The van der Waals surface area contributed by atoms with Gasteiger partial charge in [0.1, 0.15) is 4.88 Å². The van der Waals surface area contributed by atoms with Gasteiger partial charge in [-0.1, -0.05) is 17.7 Å². The molecule has 6 heteroatoms. The maximum Gasteiger partial charge on any atom is 0.372 e. The van der Waals surface area contributed by atoms with Gasteiger partial charge in [-0.2, -0.15) is 5.48 Å². The molecule has 0 aliphatic rings. The predicted molar refractivity (Wildman–Crippen MR) is 68.7 cm³/mol. The van der Waals surface area contributed by atoms with Gasteiger partial charge in [0.25, 0.3) is 5.91 Å².